The van der Waals surface area contributed by atoms with E-state index in [1.54, 1.807) is 0 Å². The van der Waals surface area contributed by atoms with Crippen molar-refractivity contribution in [3.63, 3.8) is 0 Å². The van der Waals surface area contributed by atoms with Crippen LogP contribution in [0.1, 0.15) is 29.5 Å². The molecule has 2 aromatic carbocycles. The van der Waals surface area contributed by atoms with Crippen LogP contribution in [0.2, 0.25) is 0 Å². The summed E-state index contributed by atoms with van der Waals surface area (Å²) in [5.41, 5.74) is 3.90. The number of aryl methyl sites for hydroxylation is 3. The van der Waals surface area contributed by atoms with E-state index < -0.39 is 0 Å². The summed E-state index contributed by atoms with van der Waals surface area (Å²) < 4.78 is 18.2. The SMILES string of the molecule is Cc1cc(C)c(NC(=O)CNC(=O)CCCOc2ccc(F)cc2)c(C)c1. The fraction of sp³-hybridized carbons (Fsp3) is 0.333. The smallest absolute Gasteiger partial charge is 0.243 e. The van der Waals surface area contributed by atoms with Gasteiger partial charge in [-0.2, -0.15) is 0 Å². The number of amides is 2. The predicted molar refractivity (Wildman–Crippen MR) is 103 cm³/mol. The Labute approximate surface area is 158 Å². The zero-order valence-corrected chi connectivity index (χ0v) is 15.9. The molecule has 0 saturated heterocycles. The number of rotatable bonds is 8. The third-order valence-electron chi connectivity index (χ3n) is 4.02. The molecule has 0 heterocycles. The summed E-state index contributed by atoms with van der Waals surface area (Å²) in [5.74, 6) is -0.248. The Kier molecular flexibility index (Phi) is 7.34. The Hall–Kier alpha value is -2.89. The maximum absolute atomic E-state index is 12.8. The fourth-order valence-electron chi connectivity index (χ4n) is 2.78. The Bertz CT molecular complexity index is 781. The molecule has 0 fully saturated rings. The van der Waals surface area contributed by atoms with Crippen LogP contribution in [0.3, 0.4) is 0 Å². The molecule has 0 unspecified atom stereocenters. The van der Waals surface area contributed by atoms with Gasteiger partial charge in [-0.1, -0.05) is 17.7 Å². The summed E-state index contributed by atoms with van der Waals surface area (Å²) in [6, 6.07) is 9.71. The highest BCUT2D eigenvalue weighted by Gasteiger charge is 2.10. The first-order valence-corrected chi connectivity index (χ1v) is 8.88. The van der Waals surface area contributed by atoms with E-state index in [9.17, 15) is 14.0 Å². The first kappa shape index (κ1) is 20.4. The maximum atomic E-state index is 12.8. The third kappa shape index (κ3) is 6.73. The number of nitrogens with one attached hydrogen (secondary N) is 2. The summed E-state index contributed by atoms with van der Waals surface area (Å²) in [5, 5.41) is 5.45. The summed E-state index contributed by atoms with van der Waals surface area (Å²) >= 11 is 0. The number of ether oxygens (including phenoxy) is 1. The first-order valence-electron chi connectivity index (χ1n) is 8.88. The van der Waals surface area contributed by atoms with Crippen molar-refractivity contribution in [2.75, 3.05) is 18.5 Å². The zero-order chi connectivity index (χ0) is 19.8. The molecule has 0 aliphatic carbocycles. The lowest BCUT2D eigenvalue weighted by Crippen LogP contribution is -2.33. The average molecular weight is 372 g/mol. The standard InChI is InChI=1S/C21H25FN2O3/c1-14-11-15(2)21(16(3)12-14)24-20(26)13-23-19(25)5-4-10-27-18-8-6-17(22)7-9-18/h6-9,11-12H,4-5,10,13H2,1-3H3,(H,23,25)(H,24,26). The van der Waals surface area contributed by atoms with Crippen LogP contribution in [0.4, 0.5) is 10.1 Å². The number of carbonyl (C=O) groups is 2. The van der Waals surface area contributed by atoms with Crippen molar-refractivity contribution in [2.45, 2.75) is 33.6 Å². The molecule has 6 heteroatoms. The molecule has 0 bridgehead atoms. The van der Waals surface area contributed by atoms with E-state index in [1.807, 2.05) is 32.9 Å². The second kappa shape index (κ2) is 9.71. The molecule has 0 atom stereocenters. The highest BCUT2D eigenvalue weighted by Crippen LogP contribution is 2.21. The topological polar surface area (TPSA) is 67.4 Å². The fourth-order valence-corrected chi connectivity index (χ4v) is 2.78. The molecular weight excluding hydrogens is 347 g/mol. The van der Waals surface area contributed by atoms with Crippen molar-refractivity contribution in [3.05, 3.63) is 58.9 Å². The third-order valence-corrected chi connectivity index (χ3v) is 4.02. The summed E-state index contributed by atoms with van der Waals surface area (Å²) in [6.07, 6.45) is 0.748. The van der Waals surface area contributed by atoms with Gasteiger partial charge in [0.15, 0.2) is 0 Å². The van der Waals surface area contributed by atoms with Crippen LogP contribution >= 0.6 is 0 Å². The quantitative estimate of drug-likeness (QED) is 0.695. The van der Waals surface area contributed by atoms with Gasteiger partial charge in [0.25, 0.3) is 0 Å². The molecule has 0 aromatic heterocycles. The number of anilines is 1. The summed E-state index contributed by atoms with van der Waals surface area (Å²) in [7, 11) is 0. The predicted octanol–water partition coefficient (Wildman–Crippen LogP) is 3.66. The van der Waals surface area contributed by atoms with Crippen LogP contribution in [-0.4, -0.2) is 25.0 Å². The summed E-state index contributed by atoms with van der Waals surface area (Å²) in [4.78, 5) is 23.9. The van der Waals surface area contributed by atoms with E-state index in [4.69, 9.17) is 4.74 Å². The molecule has 0 spiro atoms. The lowest BCUT2D eigenvalue weighted by atomic mass is 10.1. The minimum atomic E-state index is -0.323. The minimum Gasteiger partial charge on any atom is -0.494 e. The van der Waals surface area contributed by atoms with Crippen molar-refractivity contribution < 1.29 is 18.7 Å². The largest absolute Gasteiger partial charge is 0.494 e. The molecule has 0 aliphatic heterocycles. The Morgan fingerprint density at radius 2 is 1.63 bits per heavy atom. The molecule has 0 radical (unpaired) electrons. The van der Waals surface area contributed by atoms with E-state index in [2.05, 4.69) is 10.6 Å². The van der Waals surface area contributed by atoms with Crippen LogP contribution < -0.4 is 15.4 Å². The number of benzene rings is 2. The molecule has 0 saturated carbocycles. The Morgan fingerprint density at radius 1 is 1.00 bits per heavy atom. The van der Waals surface area contributed by atoms with Gasteiger partial charge in [0, 0.05) is 12.1 Å². The van der Waals surface area contributed by atoms with Crippen LogP contribution in [-0.2, 0) is 9.59 Å². The highest BCUT2D eigenvalue weighted by atomic mass is 19.1. The van der Waals surface area contributed by atoms with Crippen molar-refractivity contribution in [3.8, 4) is 5.75 Å². The average Bonchev–Trinajstić information content (AvgIpc) is 2.61. The van der Waals surface area contributed by atoms with Crippen LogP contribution in [0.15, 0.2) is 36.4 Å². The highest BCUT2D eigenvalue weighted by molar-refractivity contribution is 5.95. The normalized spacial score (nSPS) is 10.4. The van der Waals surface area contributed by atoms with Crippen molar-refractivity contribution in [2.24, 2.45) is 0 Å². The molecule has 0 aliphatic rings. The molecule has 2 N–H and O–H groups in total. The van der Waals surface area contributed by atoms with Crippen molar-refractivity contribution >= 4 is 17.5 Å². The Morgan fingerprint density at radius 3 is 2.26 bits per heavy atom. The molecule has 2 rings (SSSR count). The van der Waals surface area contributed by atoms with Gasteiger partial charge in [-0.05, 0) is 62.6 Å². The van der Waals surface area contributed by atoms with Gasteiger partial charge in [0.1, 0.15) is 11.6 Å². The van der Waals surface area contributed by atoms with E-state index in [-0.39, 0.29) is 30.6 Å². The van der Waals surface area contributed by atoms with E-state index >= 15 is 0 Å². The van der Waals surface area contributed by atoms with Crippen molar-refractivity contribution in [1.29, 1.82) is 0 Å². The maximum Gasteiger partial charge on any atom is 0.243 e. The monoisotopic (exact) mass is 372 g/mol. The molecular formula is C21H25FN2O3. The van der Waals surface area contributed by atoms with Gasteiger partial charge in [-0.3, -0.25) is 9.59 Å². The number of halogens is 1. The van der Waals surface area contributed by atoms with Gasteiger partial charge in [-0.25, -0.2) is 4.39 Å². The zero-order valence-electron chi connectivity index (χ0n) is 15.9. The van der Waals surface area contributed by atoms with Crippen LogP contribution in [0.25, 0.3) is 0 Å². The number of carbonyl (C=O) groups excluding carboxylic acids is 2. The summed E-state index contributed by atoms with van der Waals surface area (Å²) in [6.45, 7) is 6.15. The molecule has 27 heavy (non-hydrogen) atoms. The lowest BCUT2D eigenvalue weighted by Gasteiger charge is -2.13. The minimum absolute atomic E-state index is 0.0790. The lowest BCUT2D eigenvalue weighted by molar-refractivity contribution is -0.124. The van der Waals surface area contributed by atoms with Gasteiger partial charge >= 0.3 is 0 Å². The molecule has 2 amide bonds. The Balaban J connectivity index is 1.67. The van der Waals surface area contributed by atoms with Gasteiger partial charge in [-0.15, -0.1) is 0 Å². The van der Waals surface area contributed by atoms with E-state index in [0.717, 1.165) is 22.4 Å². The second-order valence-corrected chi connectivity index (χ2v) is 6.50. The van der Waals surface area contributed by atoms with Crippen LogP contribution in [0, 0.1) is 26.6 Å². The second-order valence-electron chi connectivity index (χ2n) is 6.50. The molecule has 2 aromatic rings. The van der Waals surface area contributed by atoms with Gasteiger partial charge in [0.05, 0.1) is 13.2 Å². The molecule has 144 valence electrons. The first-order chi connectivity index (χ1) is 12.8. The van der Waals surface area contributed by atoms with Crippen LogP contribution in [0.5, 0.6) is 5.75 Å². The molecule has 5 nitrogen and oxygen atoms in total. The number of hydrogen-bond donors (Lipinski definition) is 2. The van der Waals surface area contributed by atoms with Gasteiger partial charge < -0.3 is 15.4 Å². The van der Waals surface area contributed by atoms with Gasteiger partial charge in [0.2, 0.25) is 11.8 Å². The number of hydrogen-bond acceptors (Lipinski definition) is 3. The van der Waals surface area contributed by atoms with E-state index in [1.165, 1.54) is 24.3 Å². The van der Waals surface area contributed by atoms with E-state index in [0.29, 0.717) is 18.8 Å². The van der Waals surface area contributed by atoms with Crippen molar-refractivity contribution in [1.82, 2.24) is 5.32 Å².